The lowest BCUT2D eigenvalue weighted by Gasteiger charge is -2.43. The van der Waals surface area contributed by atoms with Gasteiger partial charge in [-0.1, -0.05) is 24.3 Å². The van der Waals surface area contributed by atoms with E-state index in [-0.39, 0.29) is 11.5 Å². The third-order valence-corrected chi connectivity index (χ3v) is 7.79. The Kier molecular flexibility index (Phi) is 6.69. The van der Waals surface area contributed by atoms with Gasteiger partial charge in [-0.25, -0.2) is 9.59 Å². The van der Waals surface area contributed by atoms with E-state index in [1.54, 1.807) is 13.8 Å². The number of ether oxygens (including phenoxy) is 1. The molecule has 0 spiro atoms. The molecule has 0 aliphatic carbocycles. The smallest absolute Gasteiger partial charge is 0.332 e. The van der Waals surface area contributed by atoms with Gasteiger partial charge in [-0.2, -0.15) is 0 Å². The standard InChI is InChI=1S/C24H26N4O7S/c1-24(2)18(22(32)33)28-20(31)17(21(28)36-24)27-19(30)15(25)11-5-9-14(10-6-11)35-23(34)16(26)12-3-7-13(29)8-4-12/h3-10,15-18,21,29H,25-26H2,1-2H3,(H,27,30)(H,32,33)/t15?,16-,17-,18+,21-/m1/s1. The van der Waals surface area contributed by atoms with Crippen molar-refractivity contribution in [3.05, 3.63) is 59.7 Å². The van der Waals surface area contributed by atoms with Crippen LogP contribution in [-0.4, -0.2) is 61.1 Å². The summed E-state index contributed by atoms with van der Waals surface area (Å²) < 4.78 is 4.59. The molecule has 4 rings (SSSR count). The highest BCUT2D eigenvalue weighted by molar-refractivity contribution is 8.01. The average Bonchev–Trinajstić information content (AvgIpc) is 3.10. The molecule has 2 aromatic carbocycles. The van der Waals surface area contributed by atoms with Crippen LogP contribution >= 0.6 is 11.8 Å². The number of β-lactam (4-membered cyclic amide) rings is 1. The summed E-state index contributed by atoms with van der Waals surface area (Å²) in [6.07, 6.45) is 0. The number of esters is 1. The topological polar surface area (TPSA) is 185 Å². The van der Waals surface area contributed by atoms with Crippen LogP contribution in [0.15, 0.2) is 48.5 Å². The monoisotopic (exact) mass is 514 g/mol. The van der Waals surface area contributed by atoms with E-state index in [9.17, 15) is 29.4 Å². The number of phenolic OH excluding ortho intramolecular Hbond substituents is 1. The Balaban J connectivity index is 1.35. The Morgan fingerprint density at radius 1 is 1.03 bits per heavy atom. The number of thioether (sulfide) groups is 1. The van der Waals surface area contributed by atoms with Crippen molar-refractivity contribution >= 4 is 35.5 Å². The van der Waals surface area contributed by atoms with E-state index in [0.717, 1.165) is 0 Å². The molecule has 2 aliphatic rings. The average molecular weight is 515 g/mol. The molecule has 2 fully saturated rings. The predicted octanol–water partition coefficient (Wildman–Crippen LogP) is 0.629. The van der Waals surface area contributed by atoms with Gasteiger partial charge in [-0.05, 0) is 49.2 Å². The molecule has 0 bridgehead atoms. The number of amides is 2. The number of carbonyl (C=O) groups is 4. The summed E-state index contributed by atoms with van der Waals surface area (Å²) in [5.74, 6) is -2.61. The first kappa shape index (κ1) is 25.5. The van der Waals surface area contributed by atoms with Crippen molar-refractivity contribution in [2.45, 2.75) is 48.1 Å². The van der Waals surface area contributed by atoms with Crippen LogP contribution in [0.1, 0.15) is 37.1 Å². The molecule has 36 heavy (non-hydrogen) atoms. The highest BCUT2D eigenvalue weighted by Crippen LogP contribution is 2.50. The van der Waals surface area contributed by atoms with Gasteiger partial charge in [0.15, 0.2) is 0 Å². The van der Waals surface area contributed by atoms with Gasteiger partial charge < -0.3 is 36.6 Å². The molecule has 2 saturated heterocycles. The third kappa shape index (κ3) is 4.62. The Hall–Kier alpha value is -3.61. The van der Waals surface area contributed by atoms with Gasteiger partial charge in [0.05, 0.1) is 0 Å². The number of nitrogens with zero attached hydrogens (tertiary/aromatic N) is 1. The first-order valence-electron chi connectivity index (χ1n) is 11.1. The minimum Gasteiger partial charge on any atom is -0.508 e. The number of nitrogens with two attached hydrogens (primary N) is 2. The largest absolute Gasteiger partial charge is 0.508 e. The van der Waals surface area contributed by atoms with E-state index in [0.29, 0.717) is 11.1 Å². The van der Waals surface area contributed by atoms with Crippen molar-refractivity contribution in [3.8, 4) is 11.5 Å². The predicted molar refractivity (Wildman–Crippen MR) is 130 cm³/mol. The van der Waals surface area contributed by atoms with Gasteiger partial charge >= 0.3 is 11.9 Å². The number of carboxylic acids is 1. The number of carboxylic acid groups (broad SMARTS) is 1. The van der Waals surface area contributed by atoms with Crippen LogP contribution < -0.4 is 21.5 Å². The van der Waals surface area contributed by atoms with E-state index in [2.05, 4.69) is 5.32 Å². The van der Waals surface area contributed by atoms with Gasteiger partial charge in [-0.15, -0.1) is 11.8 Å². The van der Waals surface area contributed by atoms with E-state index in [1.807, 2.05) is 0 Å². The molecule has 0 saturated carbocycles. The maximum absolute atomic E-state index is 12.7. The fraction of sp³-hybridized carbons (Fsp3) is 0.333. The van der Waals surface area contributed by atoms with Crippen LogP contribution in [0.25, 0.3) is 0 Å². The molecule has 0 radical (unpaired) electrons. The highest BCUT2D eigenvalue weighted by atomic mass is 32.2. The van der Waals surface area contributed by atoms with Crippen LogP contribution in [0, 0.1) is 0 Å². The lowest BCUT2D eigenvalue weighted by atomic mass is 9.95. The summed E-state index contributed by atoms with van der Waals surface area (Å²) >= 11 is 1.32. The molecule has 7 N–H and O–H groups in total. The summed E-state index contributed by atoms with van der Waals surface area (Å²) in [6, 6.07) is 7.82. The summed E-state index contributed by atoms with van der Waals surface area (Å²) in [5.41, 5.74) is 12.9. The SMILES string of the molecule is CC1(C)S[C@@H]2[C@H](NC(=O)C(N)c3ccc(OC(=O)[C@H](N)c4ccc(O)cc4)cc3)C(=O)N2[C@H]1C(=O)O. The molecule has 2 heterocycles. The minimum atomic E-state index is -1.11. The second kappa shape index (κ2) is 9.45. The molecular weight excluding hydrogens is 488 g/mol. The molecular formula is C24H26N4O7S. The van der Waals surface area contributed by atoms with Crippen molar-refractivity contribution in [1.29, 1.82) is 0 Å². The maximum atomic E-state index is 12.7. The molecule has 0 aromatic heterocycles. The normalized spacial score (nSPS) is 23.7. The number of hydrogen-bond donors (Lipinski definition) is 5. The lowest BCUT2D eigenvalue weighted by Crippen LogP contribution is -2.71. The van der Waals surface area contributed by atoms with Gasteiger partial charge in [0.25, 0.3) is 0 Å². The Morgan fingerprint density at radius 3 is 2.17 bits per heavy atom. The molecule has 5 atom stereocenters. The lowest BCUT2D eigenvalue weighted by molar-refractivity contribution is -0.161. The molecule has 190 valence electrons. The van der Waals surface area contributed by atoms with Crippen LogP contribution in [0.4, 0.5) is 0 Å². The minimum absolute atomic E-state index is 0.0459. The quantitative estimate of drug-likeness (QED) is 0.199. The van der Waals surface area contributed by atoms with Gasteiger partial charge in [0, 0.05) is 4.75 Å². The van der Waals surface area contributed by atoms with Crippen LogP contribution in [-0.2, 0) is 19.2 Å². The molecule has 11 nitrogen and oxygen atoms in total. The Labute approximate surface area is 210 Å². The zero-order valence-electron chi connectivity index (χ0n) is 19.5. The second-order valence-corrected chi connectivity index (χ2v) is 10.9. The number of nitrogens with one attached hydrogen (secondary N) is 1. The van der Waals surface area contributed by atoms with Crippen LogP contribution in [0.5, 0.6) is 11.5 Å². The number of rotatable bonds is 7. The highest BCUT2D eigenvalue weighted by Gasteiger charge is 2.64. The molecule has 2 aliphatic heterocycles. The number of benzene rings is 2. The zero-order chi connectivity index (χ0) is 26.4. The molecule has 2 amide bonds. The number of aliphatic carboxylic acids is 1. The number of fused-ring (bicyclic) bond motifs is 1. The summed E-state index contributed by atoms with van der Waals surface area (Å²) in [4.78, 5) is 50.6. The van der Waals surface area contributed by atoms with Gasteiger partial charge in [0.1, 0.15) is 41.0 Å². The Morgan fingerprint density at radius 2 is 1.58 bits per heavy atom. The first-order valence-corrected chi connectivity index (χ1v) is 11.9. The van der Waals surface area contributed by atoms with Gasteiger partial charge in [0.2, 0.25) is 11.8 Å². The first-order chi connectivity index (χ1) is 16.9. The maximum Gasteiger partial charge on any atom is 0.332 e. The molecule has 12 heteroatoms. The van der Waals surface area contributed by atoms with E-state index >= 15 is 0 Å². The number of aromatic hydroxyl groups is 1. The van der Waals surface area contributed by atoms with E-state index < -0.39 is 58.0 Å². The van der Waals surface area contributed by atoms with Gasteiger partial charge in [-0.3, -0.25) is 9.59 Å². The molecule has 2 aromatic rings. The van der Waals surface area contributed by atoms with E-state index in [4.69, 9.17) is 16.2 Å². The molecule has 1 unspecified atom stereocenters. The number of hydrogen-bond acceptors (Lipinski definition) is 9. The number of carbonyl (C=O) groups excluding carboxylic acids is 3. The second-order valence-electron chi connectivity index (χ2n) is 9.12. The number of phenols is 1. The summed E-state index contributed by atoms with van der Waals surface area (Å²) in [6.45, 7) is 3.50. The van der Waals surface area contributed by atoms with Crippen LogP contribution in [0.3, 0.4) is 0 Å². The van der Waals surface area contributed by atoms with Crippen molar-refractivity contribution in [1.82, 2.24) is 10.2 Å². The summed E-state index contributed by atoms with van der Waals surface area (Å²) in [5, 5.41) is 21.0. The van der Waals surface area contributed by atoms with Crippen molar-refractivity contribution < 1.29 is 34.1 Å². The van der Waals surface area contributed by atoms with Crippen molar-refractivity contribution in [3.63, 3.8) is 0 Å². The summed E-state index contributed by atoms with van der Waals surface area (Å²) in [7, 11) is 0. The fourth-order valence-corrected chi connectivity index (χ4v) is 5.91. The van der Waals surface area contributed by atoms with Crippen LogP contribution in [0.2, 0.25) is 0 Å². The third-order valence-electron chi connectivity index (χ3n) is 6.22. The van der Waals surface area contributed by atoms with Crippen molar-refractivity contribution in [2.24, 2.45) is 11.5 Å². The zero-order valence-corrected chi connectivity index (χ0v) is 20.3. The van der Waals surface area contributed by atoms with Crippen molar-refractivity contribution in [2.75, 3.05) is 0 Å². The van der Waals surface area contributed by atoms with E-state index in [1.165, 1.54) is 65.2 Å². The fourth-order valence-electron chi connectivity index (χ4n) is 4.28. The Bertz CT molecular complexity index is 1200.